The summed E-state index contributed by atoms with van der Waals surface area (Å²) in [5.41, 5.74) is 4.58. The van der Waals surface area contributed by atoms with E-state index in [1.54, 1.807) is 12.1 Å². The Labute approximate surface area is 84.0 Å². The van der Waals surface area contributed by atoms with Crippen molar-refractivity contribution in [3.05, 3.63) is 53.4 Å². The summed E-state index contributed by atoms with van der Waals surface area (Å²) in [5, 5.41) is 2.63. The van der Waals surface area contributed by atoms with Crippen molar-refractivity contribution in [3.63, 3.8) is 0 Å². The molecule has 2 nitrogen and oxygen atoms in total. The number of carbonyl (C=O) groups excluding carboxylic acids is 1. The molecule has 0 bridgehead atoms. The van der Waals surface area contributed by atoms with Crippen LogP contribution in [0.25, 0.3) is 0 Å². The first-order valence-electron chi connectivity index (χ1n) is 4.44. The molecule has 0 unspecified atom stereocenters. The molecule has 2 heteroatoms. The van der Waals surface area contributed by atoms with Gasteiger partial charge in [0.2, 0.25) is 0 Å². The van der Waals surface area contributed by atoms with Gasteiger partial charge < -0.3 is 5.32 Å². The first-order valence-corrected chi connectivity index (χ1v) is 4.44. The monoisotopic (exact) mass is 187 g/mol. The van der Waals surface area contributed by atoms with Gasteiger partial charge in [-0.15, -0.1) is 5.73 Å². The number of amides is 1. The topological polar surface area (TPSA) is 29.1 Å². The standard InChI is InChI=1S/C12H13NO/c1-10(2)8-9-13-12(14)11-6-4-3-5-7-11/h3-7,9H,1-2H3,(H,13,14). The number of hydrogen-bond acceptors (Lipinski definition) is 1. The van der Waals surface area contributed by atoms with E-state index in [1.807, 2.05) is 32.0 Å². The maximum atomic E-state index is 11.4. The van der Waals surface area contributed by atoms with E-state index in [-0.39, 0.29) is 5.91 Å². The third-order valence-corrected chi connectivity index (χ3v) is 1.60. The number of nitrogens with one attached hydrogen (secondary N) is 1. The second-order valence-electron chi connectivity index (χ2n) is 3.13. The van der Waals surface area contributed by atoms with Crippen molar-refractivity contribution in [2.24, 2.45) is 0 Å². The highest BCUT2D eigenvalue weighted by Gasteiger charge is 1.99. The molecule has 0 aliphatic carbocycles. The average molecular weight is 187 g/mol. The van der Waals surface area contributed by atoms with Crippen LogP contribution in [-0.4, -0.2) is 5.91 Å². The molecule has 1 aromatic rings. The van der Waals surface area contributed by atoms with Crippen molar-refractivity contribution in [3.8, 4) is 0 Å². The molecular weight excluding hydrogens is 174 g/mol. The zero-order valence-corrected chi connectivity index (χ0v) is 8.37. The van der Waals surface area contributed by atoms with Gasteiger partial charge >= 0.3 is 0 Å². The van der Waals surface area contributed by atoms with Crippen LogP contribution < -0.4 is 5.32 Å². The summed E-state index contributed by atoms with van der Waals surface area (Å²) in [6.07, 6.45) is 1.53. The maximum absolute atomic E-state index is 11.4. The molecule has 14 heavy (non-hydrogen) atoms. The summed E-state index contributed by atoms with van der Waals surface area (Å²) in [6.45, 7) is 3.84. The molecule has 0 aliphatic rings. The van der Waals surface area contributed by atoms with Crippen molar-refractivity contribution >= 4 is 5.91 Å². The van der Waals surface area contributed by atoms with Crippen LogP contribution in [-0.2, 0) is 0 Å². The molecule has 1 rings (SSSR count). The van der Waals surface area contributed by atoms with E-state index in [1.165, 1.54) is 6.20 Å². The Bertz CT molecular complexity index is 369. The van der Waals surface area contributed by atoms with Gasteiger partial charge in [-0.05, 0) is 31.6 Å². The molecule has 72 valence electrons. The third kappa shape index (κ3) is 3.30. The van der Waals surface area contributed by atoms with Crippen LogP contribution in [0.15, 0.2) is 47.8 Å². The Morgan fingerprint density at radius 1 is 1.29 bits per heavy atom. The van der Waals surface area contributed by atoms with Crippen molar-refractivity contribution in [2.45, 2.75) is 13.8 Å². The van der Waals surface area contributed by atoms with E-state index in [0.717, 1.165) is 5.57 Å². The molecule has 0 heterocycles. The number of carbonyl (C=O) groups is 1. The second kappa shape index (κ2) is 5.05. The molecule has 0 saturated carbocycles. The van der Waals surface area contributed by atoms with Crippen LogP contribution in [0.3, 0.4) is 0 Å². The fourth-order valence-corrected chi connectivity index (χ4v) is 0.919. The summed E-state index contributed by atoms with van der Waals surface area (Å²) in [5.74, 6) is -0.112. The second-order valence-corrected chi connectivity index (χ2v) is 3.13. The molecule has 1 aromatic carbocycles. The number of rotatable bonds is 2. The minimum atomic E-state index is -0.112. The van der Waals surface area contributed by atoms with Crippen LogP contribution in [0.2, 0.25) is 0 Å². The third-order valence-electron chi connectivity index (χ3n) is 1.60. The molecule has 0 atom stereocenters. The van der Waals surface area contributed by atoms with E-state index in [4.69, 9.17) is 0 Å². The SMILES string of the molecule is CC(C)=C=CNC(=O)c1ccccc1. The zero-order valence-electron chi connectivity index (χ0n) is 8.37. The zero-order chi connectivity index (χ0) is 10.4. The predicted octanol–water partition coefficient (Wildman–Crippen LogP) is 2.50. The summed E-state index contributed by atoms with van der Waals surface area (Å²) in [6, 6.07) is 9.08. The Balaban J connectivity index is 2.65. The number of benzene rings is 1. The highest BCUT2D eigenvalue weighted by molar-refractivity contribution is 5.94. The van der Waals surface area contributed by atoms with Crippen molar-refractivity contribution < 1.29 is 4.79 Å². The normalized spacial score (nSPS) is 8.71. The molecule has 0 aromatic heterocycles. The lowest BCUT2D eigenvalue weighted by Gasteiger charge is -1.97. The Kier molecular flexibility index (Phi) is 3.71. The molecule has 0 aliphatic heterocycles. The molecule has 0 spiro atoms. The van der Waals surface area contributed by atoms with Gasteiger partial charge in [-0.2, -0.15) is 0 Å². The van der Waals surface area contributed by atoms with Gasteiger partial charge in [-0.25, -0.2) is 0 Å². The summed E-state index contributed by atoms with van der Waals surface area (Å²) >= 11 is 0. The van der Waals surface area contributed by atoms with Gasteiger partial charge in [0.25, 0.3) is 5.91 Å². The maximum Gasteiger partial charge on any atom is 0.255 e. The van der Waals surface area contributed by atoms with Gasteiger partial charge in [-0.3, -0.25) is 4.79 Å². The first-order chi connectivity index (χ1) is 6.70. The van der Waals surface area contributed by atoms with Crippen molar-refractivity contribution in [2.75, 3.05) is 0 Å². The quantitative estimate of drug-likeness (QED) is 0.708. The predicted molar refractivity (Wildman–Crippen MR) is 56.9 cm³/mol. The van der Waals surface area contributed by atoms with E-state index < -0.39 is 0 Å². The van der Waals surface area contributed by atoms with E-state index in [2.05, 4.69) is 11.0 Å². The van der Waals surface area contributed by atoms with Crippen molar-refractivity contribution in [1.82, 2.24) is 5.32 Å². The number of hydrogen-bond donors (Lipinski definition) is 1. The minimum absolute atomic E-state index is 0.112. The van der Waals surface area contributed by atoms with Crippen LogP contribution in [0.5, 0.6) is 0 Å². The summed E-state index contributed by atoms with van der Waals surface area (Å²) in [4.78, 5) is 11.4. The molecule has 0 radical (unpaired) electrons. The van der Waals surface area contributed by atoms with Crippen LogP contribution in [0, 0.1) is 0 Å². The lowest BCUT2D eigenvalue weighted by atomic mass is 10.2. The Hall–Kier alpha value is -1.79. The summed E-state index contributed by atoms with van der Waals surface area (Å²) < 4.78 is 0. The van der Waals surface area contributed by atoms with Gasteiger partial charge in [0, 0.05) is 11.8 Å². The smallest absolute Gasteiger partial charge is 0.255 e. The van der Waals surface area contributed by atoms with Gasteiger partial charge in [0.15, 0.2) is 0 Å². The first kappa shape index (κ1) is 10.3. The fourth-order valence-electron chi connectivity index (χ4n) is 0.919. The minimum Gasteiger partial charge on any atom is -0.322 e. The summed E-state index contributed by atoms with van der Waals surface area (Å²) in [7, 11) is 0. The number of allylic oxidation sites excluding steroid dienone is 1. The van der Waals surface area contributed by atoms with E-state index in [0.29, 0.717) is 5.56 Å². The largest absolute Gasteiger partial charge is 0.322 e. The van der Waals surface area contributed by atoms with Gasteiger partial charge in [0.1, 0.15) is 0 Å². The molecule has 0 saturated heterocycles. The Morgan fingerprint density at radius 2 is 1.93 bits per heavy atom. The lowest BCUT2D eigenvalue weighted by Crippen LogP contribution is -2.16. The molecule has 1 amide bonds. The van der Waals surface area contributed by atoms with E-state index in [9.17, 15) is 4.79 Å². The average Bonchev–Trinajstić information content (AvgIpc) is 2.18. The Morgan fingerprint density at radius 3 is 2.50 bits per heavy atom. The lowest BCUT2D eigenvalue weighted by molar-refractivity contribution is 0.0970. The molecule has 0 fully saturated rings. The van der Waals surface area contributed by atoms with Crippen LogP contribution >= 0.6 is 0 Å². The van der Waals surface area contributed by atoms with Crippen molar-refractivity contribution in [1.29, 1.82) is 0 Å². The molecular formula is C12H13NO. The highest BCUT2D eigenvalue weighted by atomic mass is 16.1. The molecule has 1 N–H and O–H groups in total. The van der Waals surface area contributed by atoms with Gasteiger partial charge in [-0.1, -0.05) is 18.2 Å². The van der Waals surface area contributed by atoms with Crippen LogP contribution in [0.1, 0.15) is 24.2 Å². The fraction of sp³-hybridized carbons (Fsp3) is 0.167. The van der Waals surface area contributed by atoms with Gasteiger partial charge in [0.05, 0.1) is 0 Å². The van der Waals surface area contributed by atoms with Crippen LogP contribution in [0.4, 0.5) is 0 Å². The van der Waals surface area contributed by atoms with E-state index >= 15 is 0 Å². The highest BCUT2D eigenvalue weighted by Crippen LogP contribution is 1.97.